The Morgan fingerprint density at radius 2 is 2.21 bits per heavy atom. The molecule has 0 saturated carbocycles. The molecule has 0 amide bonds. The molecule has 4 nitrogen and oxygen atoms in total. The number of rotatable bonds is 4. The fourth-order valence-electron chi connectivity index (χ4n) is 1.95. The highest BCUT2D eigenvalue weighted by molar-refractivity contribution is 5.42. The largest absolute Gasteiger partial charge is 0.494 e. The molecule has 1 unspecified atom stereocenters. The average molecular weight is 253 g/mol. The zero-order valence-electron chi connectivity index (χ0n) is 11.0. The molecule has 1 aromatic carbocycles. The van der Waals surface area contributed by atoms with Crippen molar-refractivity contribution in [2.75, 3.05) is 6.61 Å². The van der Waals surface area contributed by atoms with E-state index < -0.39 is 5.92 Å². The molecule has 0 fully saturated rings. The summed E-state index contributed by atoms with van der Waals surface area (Å²) >= 11 is 0. The molecule has 0 aliphatic heterocycles. The quantitative estimate of drug-likeness (QED) is 0.840. The summed E-state index contributed by atoms with van der Waals surface area (Å²) in [6.45, 7) is 4.55. The number of hydrogen-bond acceptors (Lipinski definition) is 4. The van der Waals surface area contributed by atoms with Gasteiger partial charge in [-0.1, -0.05) is 12.1 Å². The van der Waals surface area contributed by atoms with Crippen molar-refractivity contribution < 1.29 is 4.74 Å². The van der Waals surface area contributed by atoms with E-state index in [0.717, 1.165) is 16.9 Å². The van der Waals surface area contributed by atoms with Crippen LogP contribution in [0.25, 0.3) is 0 Å². The molecule has 0 aliphatic rings. The Kier molecular flexibility index (Phi) is 4.09. The molecule has 1 atom stereocenters. The van der Waals surface area contributed by atoms with Gasteiger partial charge in [0.15, 0.2) is 0 Å². The van der Waals surface area contributed by atoms with E-state index in [2.05, 4.69) is 16.3 Å². The zero-order valence-corrected chi connectivity index (χ0v) is 11.0. The van der Waals surface area contributed by atoms with Crippen LogP contribution in [0.3, 0.4) is 0 Å². The number of hydrogen-bond donors (Lipinski definition) is 0. The van der Waals surface area contributed by atoms with Crippen molar-refractivity contribution in [2.45, 2.75) is 19.8 Å². The average Bonchev–Trinajstić information content (AvgIpc) is 2.44. The minimum absolute atomic E-state index is 0.400. The predicted octanol–water partition coefficient (Wildman–Crippen LogP) is 2.84. The van der Waals surface area contributed by atoms with Crippen LogP contribution in [-0.2, 0) is 0 Å². The predicted molar refractivity (Wildman–Crippen MR) is 71.8 cm³/mol. The summed E-state index contributed by atoms with van der Waals surface area (Å²) in [6, 6.07) is 11.6. The Labute approximate surface area is 112 Å². The van der Waals surface area contributed by atoms with Crippen LogP contribution in [0.15, 0.2) is 36.5 Å². The van der Waals surface area contributed by atoms with Gasteiger partial charge in [-0.25, -0.2) is 0 Å². The molecule has 0 bridgehead atoms. The van der Waals surface area contributed by atoms with Crippen LogP contribution < -0.4 is 4.74 Å². The summed E-state index contributed by atoms with van der Waals surface area (Å²) in [5, 5.41) is 17.2. The van der Waals surface area contributed by atoms with Crippen LogP contribution >= 0.6 is 0 Å². The van der Waals surface area contributed by atoms with Crippen LogP contribution in [0.5, 0.6) is 5.75 Å². The number of ether oxygens (including phenoxy) is 1. The maximum Gasteiger partial charge on any atom is 0.122 e. The standard InChI is InChI=1S/C15H15N3O/c1-3-19-15-7-6-12(9-11(15)2)13(10-16)14-5-4-8-17-18-14/h4-9,13H,3H2,1-2H3. The summed E-state index contributed by atoms with van der Waals surface area (Å²) in [5.41, 5.74) is 2.58. The molecule has 0 spiro atoms. The number of nitrogens with zero attached hydrogens (tertiary/aromatic N) is 3. The van der Waals surface area contributed by atoms with Crippen LogP contribution in [0.1, 0.15) is 29.7 Å². The topological polar surface area (TPSA) is 58.8 Å². The van der Waals surface area contributed by atoms with Gasteiger partial charge in [-0.05, 0) is 43.2 Å². The fraction of sp³-hybridized carbons (Fsp3) is 0.267. The summed E-state index contributed by atoms with van der Waals surface area (Å²) in [5.74, 6) is 0.449. The van der Waals surface area contributed by atoms with Gasteiger partial charge < -0.3 is 4.74 Å². The molecule has 1 aromatic heterocycles. The first-order valence-electron chi connectivity index (χ1n) is 6.16. The molecule has 2 aromatic rings. The summed E-state index contributed by atoms with van der Waals surface area (Å²) in [6.07, 6.45) is 1.60. The van der Waals surface area contributed by atoms with Crippen molar-refractivity contribution in [1.29, 1.82) is 5.26 Å². The Bertz CT molecular complexity index is 590. The zero-order chi connectivity index (χ0) is 13.7. The lowest BCUT2D eigenvalue weighted by Crippen LogP contribution is -2.03. The number of benzene rings is 1. The van der Waals surface area contributed by atoms with Crippen molar-refractivity contribution in [3.05, 3.63) is 53.3 Å². The summed E-state index contributed by atoms with van der Waals surface area (Å²) < 4.78 is 5.50. The second-order valence-electron chi connectivity index (χ2n) is 4.17. The number of nitriles is 1. The molecular formula is C15H15N3O. The third-order valence-corrected chi connectivity index (χ3v) is 2.85. The number of aromatic nitrogens is 2. The Hall–Kier alpha value is -2.41. The van der Waals surface area contributed by atoms with Crippen molar-refractivity contribution in [2.24, 2.45) is 0 Å². The van der Waals surface area contributed by atoms with E-state index in [1.54, 1.807) is 12.3 Å². The second-order valence-corrected chi connectivity index (χ2v) is 4.17. The first kappa shape index (κ1) is 13.0. The van der Waals surface area contributed by atoms with Gasteiger partial charge in [0.05, 0.1) is 18.4 Å². The highest BCUT2D eigenvalue weighted by Crippen LogP contribution is 2.27. The minimum atomic E-state index is -0.400. The van der Waals surface area contributed by atoms with Gasteiger partial charge in [0.1, 0.15) is 11.7 Å². The van der Waals surface area contributed by atoms with Gasteiger partial charge in [-0.15, -0.1) is 0 Å². The summed E-state index contributed by atoms with van der Waals surface area (Å²) in [7, 11) is 0. The molecule has 0 saturated heterocycles. The smallest absolute Gasteiger partial charge is 0.122 e. The van der Waals surface area contributed by atoms with E-state index in [1.807, 2.05) is 38.1 Å². The Morgan fingerprint density at radius 3 is 2.79 bits per heavy atom. The maximum atomic E-state index is 9.35. The molecule has 19 heavy (non-hydrogen) atoms. The first-order chi connectivity index (χ1) is 9.26. The van der Waals surface area contributed by atoms with Gasteiger partial charge in [0.25, 0.3) is 0 Å². The Morgan fingerprint density at radius 1 is 1.37 bits per heavy atom. The van der Waals surface area contributed by atoms with Crippen molar-refractivity contribution in [1.82, 2.24) is 10.2 Å². The van der Waals surface area contributed by atoms with E-state index in [1.165, 1.54) is 0 Å². The first-order valence-corrected chi connectivity index (χ1v) is 6.16. The highest BCUT2D eigenvalue weighted by Gasteiger charge is 2.16. The van der Waals surface area contributed by atoms with E-state index >= 15 is 0 Å². The fourth-order valence-corrected chi connectivity index (χ4v) is 1.95. The minimum Gasteiger partial charge on any atom is -0.494 e. The van der Waals surface area contributed by atoms with Crippen LogP contribution in [0.2, 0.25) is 0 Å². The Balaban J connectivity index is 2.35. The van der Waals surface area contributed by atoms with Crippen molar-refractivity contribution in [3.8, 4) is 11.8 Å². The van der Waals surface area contributed by atoms with Gasteiger partial charge in [-0.3, -0.25) is 0 Å². The van der Waals surface area contributed by atoms with E-state index in [0.29, 0.717) is 12.3 Å². The highest BCUT2D eigenvalue weighted by atomic mass is 16.5. The molecule has 0 radical (unpaired) electrons. The normalized spacial score (nSPS) is 11.6. The van der Waals surface area contributed by atoms with Crippen molar-refractivity contribution >= 4 is 0 Å². The molecule has 0 aliphatic carbocycles. The lowest BCUT2D eigenvalue weighted by molar-refractivity contribution is 0.338. The van der Waals surface area contributed by atoms with E-state index in [-0.39, 0.29) is 0 Å². The van der Waals surface area contributed by atoms with Gasteiger partial charge in [-0.2, -0.15) is 15.5 Å². The SMILES string of the molecule is CCOc1ccc(C(C#N)c2cccnn2)cc1C. The van der Waals surface area contributed by atoms with Crippen LogP contribution in [0, 0.1) is 18.3 Å². The molecule has 0 N–H and O–H groups in total. The lowest BCUT2D eigenvalue weighted by Gasteiger charge is -2.12. The lowest BCUT2D eigenvalue weighted by atomic mass is 9.95. The number of aryl methyl sites for hydroxylation is 1. The maximum absolute atomic E-state index is 9.35. The second kappa shape index (κ2) is 5.96. The molecule has 96 valence electrons. The molecule has 4 heteroatoms. The van der Waals surface area contributed by atoms with Crippen LogP contribution in [0.4, 0.5) is 0 Å². The van der Waals surface area contributed by atoms with Gasteiger partial charge in [0, 0.05) is 6.20 Å². The molecule has 2 rings (SSSR count). The third kappa shape index (κ3) is 2.89. The van der Waals surface area contributed by atoms with Gasteiger partial charge >= 0.3 is 0 Å². The molecular weight excluding hydrogens is 238 g/mol. The van der Waals surface area contributed by atoms with Crippen LogP contribution in [-0.4, -0.2) is 16.8 Å². The van der Waals surface area contributed by atoms with Gasteiger partial charge in [0.2, 0.25) is 0 Å². The monoisotopic (exact) mass is 253 g/mol. The molecule has 1 heterocycles. The van der Waals surface area contributed by atoms with E-state index in [4.69, 9.17) is 4.74 Å². The summed E-state index contributed by atoms with van der Waals surface area (Å²) in [4.78, 5) is 0. The van der Waals surface area contributed by atoms with E-state index in [9.17, 15) is 5.26 Å². The third-order valence-electron chi connectivity index (χ3n) is 2.85. The van der Waals surface area contributed by atoms with Crippen molar-refractivity contribution in [3.63, 3.8) is 0 Å².